The van der Waals surface area contributed by atoms with E-state index >= 15 is 0 Å². The topological polar surface area (TPSA) is 60.9 Å². The summed E-state index contributed by atoms with van der Waals surface area (Å²) in [6, 6.07) is 32.1. The monoisotopic (exact) mass is 640 g/mol. The highest BCUT2D eigenvalue weighted by Gasteiger charge is 2.34. The van der Waals surface area contributed by atoms with Crippen molar-refractivity contribution in [3.63, 3.8) is 0 Å². The van der Waals surface area contributed by atoms with Crippen molar-refractivity contribution in [2.24, 2.45) is 0 Å². The summed E-state index contributed by atoms with van der Waals surface area (Å²) in [4.78, 5) is 22.8. The number of carbonyl (C=O) groups is 1. The number of hydrogen-bond acceptors (Lipinski definition) is 8. The number of fused-ring (bicyclic) bond motifs is 2. The van der Waals surface area contributed by atoms with Gasteiger partial charge in [-0.25, -0.2) is 9.78 Å². The van der Waals surface area contributed by atoms with Crippen LogP contribution < -0.4 is 0 Å². The van der Waals surface area contributed by atoms with E-state index in [1.165, 1.54) is 26.6 Å². The predicted octanol–water partition coefficient (Wildman–Crippen LogP) is 9.42. The fraction of sp³-hybridized carbons (Fsp3) is 0.351. The van der Waals surface area contributed by atoms with Crippen molar-refractivity contribution >= 4 is 50.2 Å². The van der Waals surface area contributed by atoms with Crippen molar-refractivity contribution in [3.8, 4) is 0 Å². The molecule has 8 heteroatoms. The Morgan fingerprint density at radius 2 is 1.71 bits per heavy atom. The number of carbonyl (C=O) groups excluding carboxylic acids is 1. The lowest BCUT2D eigenvalue weighted by Crippen LogP contribution is -2.45. The summed E-state index contributed by atoms with van der Waals surface area (Å²) in [7, 11) is 0. The first kappa shape index (κ1) is 31.5. The SMILES string of the molecule is CC(C)(C)OC(=O)ON1CCC(c2ccc(CCCSc3nc4ccccc4s3)cc2)C(OCc2ccc3ccccc3c2)C1. The minimum atomic E-state index is -0.681. The number of piperidine rings is 1. The Labute approximate surface area is 273 Å². The molecule has 1 aliphatic rings. The third-order valence-corrected chi connectivity index (χ3v) is 10.2. The van der Waals surface area contributed by atoms with Gasteiger partial charge in [0, 0.05) is 18.2 Å². The molecule has 0 N–H and O–H groups in total. The molecule has 1 aromatic heterocycles. The van der Waals surface area contributed by atoms with Crippen LogP contribution in [0.2, 0.25) is 0 Å². The first-order valence-electron chi connectivity index (χ1n) is 15.6. The predicted molar refractivity (Wildman–Crippen MR) is 184 cm³/mol. The van der Waals surface area contributed by atoms with Crippen molar-refractivity contribution in [1.29, 1.82) is 0 Å². The Hall–Kier alpha value is -3.43. The van der Waals surface area contributed by atoms with E-state index in [4.69, 9.17) is 19.3 Å². The van der Waals surface area contributed by atoms with E-state index in [1.807, 2.05) is 38.6 Å². The molecule has 45 heavy (non-hydrogen) atoms. The molecule has 2 heterocycles. The highest BCUT2D eigenvalue weighted by Crippen LogP contribution is 2.33. The standard InChI is InChI=1S/C37H40N2O4S2/c1-37(2,3)42-36(40)43-39-21-20-31(33(24-39)41-25-27-16-17-28-10-4-5-11-30(28)23-27)29-18-14-26(15-19-29)9-8-22-44-35-38-32-12-6-7-13-34(32)45-35/h4-7,10-19,23,31,33H,8-9,20-22,24-25H2,1-3H3. The average molecular weight is 641 g/mol. The van der Waals surface area contributed by atoms with Gasteiger partial charge in [0.2, 0.25) is 0 Å². The van der Waals surface area contributed by atoms with Gasteiger partial charge >= 0.3 is 6.16 Å². The Kier molecular flexibility index (Phi) is 10.0. The number of benzene rings is 4. The maximum Gasteiger partial charge on any atom is 0.528 e. The molecule has 6 nitrogen and oxygen atoms in total. The fourth-order valence-corrected chi connectivity index (χ4v) is 7.79. The number of aromatic nitrogens is 1. The van der Waals surface area contributed by atoms with E-state index in [1.54, 1.807) is 16.4 Å². The van der Waals surface area contributed by atoms with Crippen LogP contribution in [0.3, 0.4) is 0 Å². The maximum absolute atomic E-state index is 12.4. The summed E-state index contributed by atoms with van der Waals surface area (Å²) in [6.07, 6.45) is 2.10. The molecule has 2 atom stereocenters. The van der Waals surface area contributed by atoms with Gasteiger partial charge in [0.1, 0.15) is 5.60 Å². The van der Waals surface area contributed by atoms with E-state index in [2.05, 4.69) is 84.9 Å². The van der Waals surface area contributed by atoms with Crippen LogP contribution in [-0.2, 0) is 27.3 Å². The summed E-state index contributed by atoms with van der Waals surface area (Å²) in [6.45, 7) is 7.08. The molecule has 6 rings (SSSR count). The zero-order chi connectivity index (χ0) is 31.2. The number of hydroxylamine groups is 2. The van der Waals surface area contributed by atoms with Crippen LogP contribution in [0, 0.1) is 0 Å². The highest BCUT2D eigenvalue weighted by atomic mass is 32.2. The van der Waals surface area contributed by atoms with Gasteiger partial charge in [0.05, 0.1) is 29.5 Å². The Morgan fingerprint density at radius 1 is 0.956 bits per heavy atom. The van der Waals surface area contributed by atoms with Gasteiger partial charge in [-0.2, -0.15) is 0 Å². The molecule has 1 aliphatic heterocycles. The van der Waals surface area contributed by atoms with Crippen molar-refractivity contribution < 1.29 is 19.1 Å². The van der Waals surface area contributed by atoms with Crippen LogP contribution in [0.5, 0.6) is 0 Å². The summed E-state index contributed by atoms with van der Waals surface area (Å²) in [5, 5.41) is 4.10. The second-order valence-corrected chi connectivity index (χ2v) is 14.9. The van der Waals surface area contributed by atoms with Crippen molar-refractivity contribution in [1.82, 2.24) is 10.0 Å². The van der Waals surface area contributed by atoms with Crippen LogP contribution in [0.1, 0.15) is 56.2 Å². The largest absolute Gasteiger partial charge is 0.528 e. The summed E-state index contributed by atoms with van der Waals surface area (Å²) >= 11 is 3.62. The summed E-state index contributed by atoms with van der Waals surface area (Å²) in [5.41, 5.74) is 4.18. The van der Waals surface area contributed by atoms with Crippen LogP contribution in [0.15, 0.2) is 95.3 Å². The molecule has 0 saturated carbocycles. The van der Waals surface area contributed by atoms with Crippen LogP contribution >= 0.6 is 23.1 Å². The number of para-hydroxylation sites is 1. The first-order chi connectivity index (χ1) is 21.8. The van der Waals surface area contributed by atoms with E-state index in [-0.39, 0.29) is 12.0 Å². The average Bonchev–Trinajstić information content (AvgIpc) is 3.44. The molecule has 0 bridgehead atoms. The van der Waals surface area contributed by atoms with Gasteiger partial charge < -0.3 is 14.3 Å². The van der Waals surface area contributed by atoms with Crippen molar-refractivity contribution in [3.05, 3.63) is 108 Å². The lowest BCUT2D eigenvalue weighted by Gasteiger charge is -2.37. The lowest BCUT2D eigenvalue weighted by molar-refractivity contribution is -0.179. The van der Waals surface area contributed by atoms with E-state index in [0.29, 0.717) is 19.7 Å². The first-order valence-corrected chi connectivity index (χ1v) is 17.4. The number of thiazole rings is 1. The van der Waals surface area contributed by atoms with Crippen molar-refractivity contribution in [2.75, 3.05) is 18.8 Å². The lowest BCUT2D eigenvalue weighted by atomic mass is 9.87. The molecule has 0 aliphatic carbocycles. The van der Waals surface area contributed by atoms with E-state index < -0.39 is 11.8 Å². The number of aryl methyl sites for hydroxylation is 1. The minimum absolute atomic E-state index is 0.149. The van der Waals surface area contributed by atoms with E-state index in [0.717, 1.165) is 40.4 Å². The number of thioether (sulfide) groups is 1. The third kappa shape index (κ3) is 8.64. The molecule has 0 amide bonds. The number of ether oxygens (including phenoxy) is 2. The molecule has 4 aromatic carbocycles. The highest BCUT2D eigenvalue weighted by molar-refractivity contribution is 8.01. The molecule has 1 fully saturated rings. The fourth-order valence-electron chi connectivity index (χ4n) is 5.71. The summed E-state index contributed by atoms with van der Waals surface area (Å²) in [5.74, 6) is 1.23. The second kappa shape index (κ2) is 14.3. The van der Waals surface area contributed by atoms with Gasteiger partial charge in [-0.15, -0.1) is 16.4 Å². The molecule has 0 radical (unpaired) electrons. The minimum Gasteiger partial charge on any atom is -0.427 e. The molecule has 0 spiro atoms. The van der Waals surface area contributed by atoms with Crippen LogP contribution in [0.25, 0.3) is 21.0 Å². The molecule has 5 aromatic rings. The van der Waals surface area contributed by atoms with Gasteiger partial charge in [0.25, 0.3) is 0 Å². The third-order valence-electron chi connectivity index (χ3n) is 7.91. The zero-order valence-electron chi connectivity index (χ0n) is 26.1. The van der Waals surface area contributed by atoms with Crippen LogP contribution in [0.4, 0.5) is 4.79 Å². The van der Waals surface area contributed by atoms with Gasteiger partial charge in [0.15, 0.2) is 4.34 Å². The molecular formula is C37H40N2O4S2. The van der Waals surface area contributed by atoms with Crippen LogP contribution in [-0.4, -0.2) is 46.7 Å². The maximum atomic E-state index is 12.4. The Bertz CT molecular complexity index is 1700. The molecule has 2 unspecified atom stereocenters. The van der Waals surface area contributed by atoms with E-state index in [9.17, 15) is 4.79 Å². The molecular weight excluding hydrogens is 601 g/mol. The van der Waals surface area contributed by atoms with Gasteiger partial charge in [-0.3, -0.25) is 0 Å². The number of hydrogen-bond donors (Lipinski definition) is 0. The van der Waals surface area contributed by atoms with Gasteiger partial charge in [-0.1, -0.05) is 84.6 Å². The van der Waals surface area contributed by atoms with Gasteiger partial charge in [-0.05, 0) is 85.7 Å². The molecule has 1 saturated heterocycles. The quantitative estimate of drug-likeness (QED) is 0.0856. The summed E-state index contributed by atoms with van der Waals surface area (Å²) < 4.78 is 14.4. The number of nitrogens with zero attached hydrogens (tertiary/aromatic N) is 2. The normalized spacial score (nSPS) is 17.5. The van der Waals surface area contributed by atoms with Crippen molar-refractivity contribution in [2.45, 2.75) is 68.6 Å². The molecule has 234 valence electrons. The second-order valence-electron chi connectivity index (χ2n) is 12.5. The number of rotatable bonds is 10. The Morgan fingerprint density at radius 3 is 2.51 bits per heavy atom. The Balaban J connectivity index is 1.08. The zero-order valence-corrected chi connectivity index (χ0v) is 27.7. The smallest absolute Gasteiger partial charge is 0.427 e.